The van der Waals surface area contributed by atoms with Crippen LogP contribution in [0.4, 0.5) is 11.4 Å². The fourth-order valence-corrected chi connectivity index (χ4v) is 4.28. The Labute approximate surface area is 200 Å². The highest BCUT2D eigenvalue weighted by Gasteiger charge is 2.17. The molecule has 4 aromatic carbocycles. The van der Waals surface area contributed by atoms with Crippen molar-refractivity contribution in [3.8, 4) is 11.5 Å². The van der Waals surface area contributed by atoms with Crippen LogP contribution in [0.25, 0.3) is 33.3 Å². The quantitative estimate of drug-likeness (QED) is 0.198. The van der Waals surface area contributed by atoms with Gasteiger partial charge < -0.3 is 9.73 Å². The van der Waals surface area contributed by atoms with E-state index in [-0.39, 0.29) is 16.3 Å². The number of carbonyl (C=O) groups excluding carboxylic acids is 1. The highest BCUT2D eigenvalue weighted by atomic mass is 79.9. The predicted molar refractivity (Wildman–Crippen MR) is 131 cm³/mol. The van der Waals surface area contributed by atoms with Gasteiger partial charge in [-0.15, -0.1) is 0 Å². The van der Waals surface area contributed by atoms with E-state index in [9.17, 15) is 14.9 Å². The van der Waals surface area contributed by atoms with Crippen molar-refractivity contribution >= 4 is 66.7 Å². The molecule has 0 saturated carbocycles. The fraction of sp³-hybridized carbons (Fsp3) is 0. The van der Waals surface area contributed by atoms with E-state index in [0.29, 0.717) is 22.7 Å². The van der Waals surface area contributed by atoms with E-state index in [1.54, 1.807) is 18.2 Å². The molecule has 0 fully saturated rings. The van der Waals surface area contributed by atoms with Gasteiger partial charge in [0.25, 0.3) is 11.6 Å². The van der Waals surface area contributed by atoms with Gasteiger partial charge in [0, 0.05) is 27.9 Å². The molecule has 5 aromatic rings. The molecule has 1 N–H and O–H groups in total. The minimum Gasteiger partial charge on any atom is -0.436 e. The second kappa shape index (κ2) is 8.31. The van der Waals surface area contributed by atoms with E-state index in [4.69, 9.17) is 16.0 Å². The highest BCUT2D eigenvalue weighted by molar-refractivity contribution is 9.10. The van der Waals surface area contributed by atoms with Crippen LogP contribution in [0, 0.1) is 10.1 Å². The lowest BCUT2D eigenvalue weighted by molar-refractivity contribution is -0.384. The summed E-state index contributed by atoms with van der Waals surface area (Å²) in [5.74, 6) is -0.107. The van der Waals surface area contributed by atoms with Gasteiger partial charge in [-0.1, -0.05) is 51.8 Å². The number of carbonyl (C=O) groups is 1. The van der Waals surface area contributed by atoms with Gasteiger partial charge >= 0.3 is 0 Å². The summed E-state index contributed by atoms with van der Waals surface area (Å²) < 4.78 is 6.95. The lowest BCUT2D eigenvalue weighted by Crippen LogP contribution is -2.12. The third-order valence-electron chi connectivity index (χ3n) is 5.15. The normalized spacial score (nSPS) is 11.1. The molecule has 33 heavy (non-hydrogen) atoms. The number of hydrogen-bond donors (Lipinski definition) is 1. The first-order valence-corrected chi connectivity index (χ1v) is 10.9. The maximum Gasteiger partial charge on any atom is 0.270 e. The van der Waals surface area contributed by atoms with Gasteiger partial charge in [0.2, 0.25) is 5.89 Å². The standard InChI is InChI=1S/C24H13BrClN3O4/c25-19-6-2-3-15-16(19)4-1-5-17(15)24-28-21-11-13(7-10-22(21)33-24)27-23(30)18-12-14(29(31)32)8-9-20(18)26/h1-12H,(H,27,30). The smallest absolute Gasteiger partial charge is 0.270 e. The Balaban J connectivity index is 1.49. The SMILES string of the molecule is O=C(Nc1ccc2oc(-c3cccc4c(Br)cccc34)nc2c1)c1cc([N+](=O)[O-])ccc1Cl. The molecule has 5 rings (SSSR count). The summed E-state index contributed by atoms with van der Waals surface area (Å²) in [4.78, 5) is 27.7. The first kappa shape index (κ1) is 21.1. The van der Waals surface area contributed by atoms with Gasteiger partial charge in [0.05, 0.1) is 15.5 Å². The zero-order valence-electron chi connectivity index (χ0n) is 16.7. The Morgan fingerprint density at radius 2 is 1.82 bits per heavy atom. The molecule has 0 bridgehead atoms. The molecule has 0 spiro atoms. The van der Waals surface area contributed by atoms with Crippen molar-refractivity contribution in [1.29, 1.82) is 0 Å². The number of rotatable bonds is 4. The minimum absolute atomic E-state index is 0.00753. The summed E-state index contributed by atoms with van der Waals surface area (Å²) >= 11 is 9.64. The number of nitro benzene ring substituents is 1. The molecule has 9 heteroatoms. The number of hydrogen-bond acceptors (Lipinski definition) is 5. The molecule has 0 unspecified atom stereocenters. The molecule has 1 aromatic heterocycles. The van der Waals surface area contributed by atoms with Crippen molar-refractivity contribution in [2.45, 2.75) is 0 Å². The summed E-state index contributed by atoms with van der Waals surface area (Å²) in [5.41, 5.74) is 2.20. The largest absolute Gasteiger partial charge is 0.436 e. The van der Waals surface area contributed by atoms with Crippen molar-refractivity contribution in [3.05, 3.63) is 98.0 Å². The maximum absolute atomic E-state index is 12.7. The molecule has 0 saturated heterocycles. The summed E-state index contributed by atoms with van der Waals surface area (Å²) in [7, 11) is 0. The number of nitrogens with one attached hydrogen (secondary N) is 1. The molecule has 0 aliphatic heterocycles. The van der Waals surface area contributed by atoms with Crippen LogP contribution in [0.2, 0.25) is 5.02 Å². The lowest BCUT2D eigenvalue weighted by Gasteiger charge is -2.06. The van der Waals surface area contributed by atoms with E-state index < -0.39 is 10.8 Å². The van der Waals surface area contributed by atoms with Gasteiger partial charge in [-0.3, -0.25) is 14.9 Å². The number of non-ortho nitro benzene ring substituents is 1. The summed E-state index contributed by atoms with van der Waals surface area (Å²) in [5, 5.41) is 15.9. The highest BCUT2D eigenvalue weighted by Crippen LogP contribution is 2.34. The molecule has 1 amide bonds. The molecule has 1 heterocycles. The average molecular weight is 523 g/mol. The van der Waals surface area contributed by atoms with Crippen molar-refractivity contribution < 1.29 is 14.1 Å². The van der Waals surface area contributed by atoms with Gasteiger partial charge in [-0.05, 0) is 47.2 Å². The lowest BCUT2D eigenvalue weighted by atomic mass is 10.0. The number of anilines is 1. The maximum atomic E-state index is 12.7. The molecule has 7 nitrogen and oxygen atoms in total. The number of nitrogens with zero attached hydrogens (tertiary/aromatic N) is 2. The fourth-order valence-electron chi connectivity index (χ4n) is 3.58. The second-order valence-corrected chi connectivity index (χ2v) is 8.48. The zero-order chi connectivity index (χ0) is 23.1. The van der Waals surface area contributed by atoms with Crippen LogP contribution in [0.1, 0.15) is 10.4 Å². The van der Waals surface area contributed by atoms with Crippen molar-refractivity contribution in [3.63, 3.8) is 0 Å². The van der Waals surface area contributed by atoms with Crippen LogP contribution in [0.5, 0.6) is 0 Å². The summed E-state index contributed by atoms with van der Waals surface area (Å²) in [6, 6.07) is 20.6. The monoisotopic (exact) mass is 521 g/mol. The van der Waals surface area contributed by atoms with Crippen LogP contribution in [0.3, 0.4) is 0 Å². The van der Waals surface area contributed by atoms with Crippen LogP contribution in [0.15, 0.2) is 81.7 Å². The topological polar surface area (TPSA) is 98.3 Å². The third-order valence-corrected chi connectivity index (χ3v) is 6.17. The number of nitro groups is 1. The Morgan fingerprint density at radius 1 is 1.03 bits per heavy atom. The van der Waals surface area contributed by atoms with Gasteiger partial charge in [0.1, 0.15) is 5.52 Å². The van der Waals surface area contributed by atoms with Crippen LogP contribution < -0.4 is 5.32 Å². The Morgan fingerprint density at radius 3 is 2.64 bits per heavy atom. The molecule has 0 aliphatic rings. The average Bonchev–Trinajstić information content (AvgIpc) is 3.22. The first-order valence-electron chi connectivity index (χ1n) is 9.74. The molecular formula is C24H13BrClN3O4. The van der Waals surface area contributed by atoms with Crippen molar-refractivity contribution in [2.24, 2.45) is 0 Å². The number of amides is 1. The summed E-state index contributed by atoms with van der Waals surface area (Å²) in [6.45, 7) is 0. The van der Waals surface area contributed by atoms with E-state index in [2.05, 4.69) is 26.2 Å². The van der Waals surface area contributed by atoms with E-state index in [0.717, 1.165) is 26.9 Å². The molecular weight excluding hydrogens is 510 g/mol. The molecule has 0 radical (unpaired) electrons. The van der Waals surface area contributed by atoms with Gasteiger partial charge in [-0.2, -0.15) is 0 Å². The molecule has 162 valence electrons. The number of aromatic nitrogens is 1. The van der Waals surface area contributed by atoms with Crippen LogP contribution in [-0.2, 0) is 0 Å². The third kappa shape index (κ3) is 3.94. The molecule has 0 aliphatic carbocycles. The number of halogens is 2. The Bertz CT molecular complexity index is 1580. The Hall–Kier alpha value is -3.75. The first-order chi connectivity index (χ1) is 15.9. The van der Waals surface area contributed by atoms with Crippen LogP contribution >= 0.6 is 27.5 Å². The number of oxazole rings is 1. The van der Waals surface area contributed by atoms with Gasteiger partial charge in [-0.25, -0.2) is 4.98 Å². The van der Waals surface area contributed by atoms with E-state index in [1.807, 2.05) is 36.4 Å². The van der Waals surface area contributed by atoms with Crippen LogP contribution in [-0.4, -0.2) is 15.8 Å². The van der Waals surface area contributed by atoms with Crippen molar-refractivity contribution in [2.75, 3.05) is 5.32 Å². The molecule has 0 atom stereocenters. The second-order valence-electron chi connectivity index (χ2n) is 7.22. The Kier molecular flexibility index (Phi) is 5.32. The summed E-state index contributed by atoms with van der Waals surface area (Å²) in [6.07, 6.45) is 0. The van der Waals surface area contributed by atoms with Crippen molar-refractivity contribution in [1.82, 2.24) is 4.98 Å². The zero-order valence-corrected chi connectivity index (χ0v) is 19.1. The number of benzene rings is 4. The van der Waals surface area contributed by atoms with E-state index in [1.165, 1.54) is 12.1 Å². The number of fused-ring (bicyclic) bond motifs is 2. The van der Waals surface area contributed by atoms with E-state index >= 15 is 0 Å². The minimum atomic E-state index is -0.581. The van der Waals surface area contributed by atoms with Gasteiger partial charge in [0.15, 0.2) is 5.58 Å². The predicted octanol–water partition coefficient (Wildman–Crippen LogP) is 7.22.